The zero-order valence-corrected chi connectivity index (χ0v) is 24.9. The number of thioether (sulfide) groups is 1. The highest BCUT2D eigenvalue weighted by atomic mass is 32.2. The first kappa shape index (κ1) is 30.0. The van der Waals surface area contributed by atoms with E-state index in [0.29, 0.717) is 5.57 Å². The van der Waals surface area contributed by atoms with Crippen molar-refractivity contribution in [2.24, 2.45) is 5.16 Å². The Balaban J connectivity index is 1.39. The van der Waals surface area contributed by atoms with Crippen LogP contribution in [0.5, 0.6) is 0 Å². The third-order valence-electron chi connectivity index (χ3n) is 6.39. The molecule has 2 amide bonds. The lowest BCUT2D eigenvalue weighted by Gasteiger charge is -2.49. The fraction of sp³-hybridized carbons (Fsp3) is 0.333. The van der Waals surface area contributed by atoms with Gasteiger partial charge < -0.3 is 30.8 Å². The van der Waals surface area contributed by atoms with E-state index in [2.05, 4.69) is 15.5 Å². The molecule has 1 saturated heterocycles. The number of carboxylic acids is 2. The first-order valence-corrected chi connectivity index (χ1v) is 15.4. The van der Waals surface area contributed by atoms with E-state index in [0.717, 1.165) is 21.1 Å². The van der Waals surface area contributed by atoms with Crippen LogP contribution in [-0.2, 0) is 35.3 Å². The molecule has 2 aliphatic rings. The fourth-order valence-electron chi connectivity index (χ4n) is 4.42. The zero-order chi connectivity index (χ0) is 31.0. The van der Waals surface area contributed by atoms with Crippen molar-refractivity contribution in [2.75, 3.05) is 18.1 Å². The highest BCUT2D eigenvalue weighted by Gasteiger charge is 2.54. The summed E-state index contributed by atoms with van der Waals surface area (Å²) in [5.41, 5.74) is 5.42. The maximum atomic E-state index is 13.3. The summed E-state index contributed by atoms with van der Waals surface area (Å²) >= 11 is 3.63. The largest absolute Gasteiger partial charge is 0.478 e. The highest BCUT2D eigenvalue weighted by molar-refractivity contribution is 8.00. The van der Waals surface area contributed by atoms with E-state index in [9.17, 15) is 29.1 Å². The molecule has 5 rings (SSSR count). The Morgan fingerprint density at radius 2 is 2.07 bits per heavy atom. The van der Waals surface area contributed by atoms with E-state index in [1.807, 2.05) is 0 Å². The lowest BCUT2D eigenvalue weighted by atomic mass is 10.0. The van der Waals surface area contributed by atoms with Crippen LogP contribution in [0.3, 0.4) is 0 Å². The summed E-state index contributed by atoms with van der Waals surface area (Å²) in [6.07, 6.45) is 2.03. The Kier molecular flexibility index (Phi) is 8.38. The molecule has 0 aromatic carbocycles. The SMILES string of the molecule is CCOC(=O)c1n2ccsc2c[n+]1CC1=C(C(=O)O)N2C(=O)[C@@H](NC(=O)/C(=N\O[C@@H](C)C(=O)O)c3csc(N)n3)[C@H]2SC1. The minimum Gasteiger partial charge on any atom is -0.478 e. The summed E-state index contributed by atoms with van der Waals surface area (Å²) in [6, 6.07) is -1.12. The van der Waals surface area contributed by atoms with E-state index >= 15 is 0 Å². The van der Waals surface area contributed by atoms with Crippen molar-refractivity contribution in [3.8, 4) is 0 Å². The molecular formula is C24H24N7O9S3+. The Morgan fingerprint density at radius 1 is 1.30 bits per heavy atom. The molecule has 5 N–H and O–H groups in total. The van der Waals surface area contributed by atoms with E-state index in [-0.39, 0.29) is 41.3 Å². The second-order valence-electron chi connectivity index (χ2n) is 9.13. The summed E-state index contributed by atoms with van der Waals surface area (Å²) in [4.78, 5) is 73.5. The summed E-state index contributed by atoms with van der Waals surface area (Å²) in [6.45, 7) is 3.05. The van der Waals surface area contributed by atoms with Gasteiger partial charge in [-0.25, -0.2) is 23.9 Å². The Hall–Kier alpha value is -4.49. The molecule has 0 spiro atoms. The number of carboxylic acid groups (broad SMARTS) is 2. The van der Waals surface area contributed by atoms with E-state index < -0.39 is 53.0 Å². The van der Waals surface area contributed by atoms with Gasteiger partial charge >= 0.3 is 23.7 Å². The average Bonchev–Trinajstić information content (AvgIpc) is 3.67. The van der Waals surface area contributed by atoms with Crippen LogP contribution in [0.1, 0.15) is 30.2 Å². The van der Waals surface area contributed by atoms with Crippen molar-refractivity contribution in [2.45, 2.75) is 37.9 Å². The quantitative estimate of drug-likeness (QED) is 0.0716. The van der Waals surface area contributed by atoms with Crippen LogP contribution in [0.4, 0.5) is 5.13 Å². The van der Waals surface area contributed by atoms with Gasteiger partial charge in [-0.05, 0) is 13.8 Å². The molecule has 43 heavy (non-hydrogen) atoms. The molecule has 0 radical (unpaired) electrons. The van der Waals surface area contributed by atoms with E-state index in [4.69, 9.17) is 20.4 Å². The molecule has 3 atom stereocenters. The van der Waals surface area contributed by atoms with Gasteiger partial charge in [0.1, 0.15) is 41.7 Å². The second kappa shape index (κ2) is 12.0. The average molecular weight is 651 g/mol. The number of rotatable bonds is 11. The van der Waals surface area contributed by atoms with E-state index in [1.165, 1.54) is 35.4 Å². The molecule has 226 valence electrons. The first-order valence-electron chi connectivity index (χ1n) is 12.6. The minimum atomic E-state index is -1.38. The number of esters is 1. The number of nitrogens with zero attached hydrogens (tertiary/aromatic N) is 5. The number of ether oxygens (including phenoxy) is 1. The van der Waals surface area contributed by atoms with Crippen LogP contribution >= 0.6 is 34.4 Å². The molecule has 0 saturated carbocycles. The fourth-order valence-corrected chi connectivity index (χ4v) is 7.08. The van der Waals surface area contributed by atoms with E-state index in [1.54, 1.807) is 33.7 Å². The van der Waals surface area contributed by atoms with Crippen molar-refractivity contribution in [3.63, 3.8) is 0 Å². The summed E-state index contributed by atoms with van der Waals surface area (Å²) in [5.74, 6) is -4.41. The molecule has 3 aromatic rings. The number of anilines is 1. The predicted octanol–water partition coefficient (Wildman–Crippen LogP) is 0.136. The maximum absolute atomic E-state index is 13.3. The van der Waals surface area contributed by atoms with Gasteiger partial charge in [0.25, 0.3) is 11.8 Å². The van der Waals surface area contributed by atoms with Gasteiger partial charge in [0.05, 0.1) is 6.61 Å². The number of imidazole rings is 1. The van der Waals surface area contributed by atoms with Gasteiger partial charge in [0, 0.05) is 22.1 Å². The van der Waals surface area contributed by atoms with Crippen molar-refractivity contribution < 1.29 is 48.3 Å². The number of nitrogens with two attached hydrogens (primary N) is 1. The van der Waals surface area contributed by atoms with Crippen LogP contribution in [0.2, 0.25) is 0 Å². The topological polar surface area (TPSA) is 219 Å². The molecule has 5 heterocycles. The zero-order valence-electron chi connectivity index (χ0n) is 22.5. The van der Waals surface area contributed by atoms with Gasteiger partial charge in [0.15, 0.2) is 10.8 Å². The number of hydrogen-bond donors (Lipinski definition) is 4. The number of aromatic nitrogens is 3. The number of carbonyl (C=O) groups excluding carboxylic acids is 3. The number of oxime groups is 1. The lowest BCUT2D eigenvalue weighted by molar-refractivity contribution is -0.690. The normalized spacial score (nSPS) is 19.1. The number of aliphatic carboxylic acids is 2. The number of carbonyl (C=O) groups is 5. The Morgan fingerprint density at radius 3 is 2.72 bits per heavy atom. The standard InChI is InChI=1S/C24H23N7O9S3/c1-3-39-23(38)18-29(7-13-30(18)4-5-41-13)6-11-8-42-20-15(19(33)31(20)16(11)22(36)37)27-17(32)14(12-9-43-24(25)26-12)28-40-10(2)21(34)35/h4-5,7,9-10,15,20H,3,6,8H2,1-2H3,(H4-,25,26,27,32,34,35,36,37)/p+1/b28-14-/t10-,15+,20+/m0/s1. The van der Waals surface area contributed by atoms with Crippen molar-refractivity contribution >= 4 is 79.8 Å². The first-order chi connectivity index (χ1) is 20.5. The highest BCUT2D eigenvalue weighted by Crippen LogP contribution is 2.40. The number of hydrogen-bond acceptors (Lipinski definition) is 13. The molecular weight excluding hydrogens is 627 g/mol. The van der Waals surface area contributed by atoms with Gasteiger partial charge in [-0.3, -0.25) is 14.5 Å². The smallest absolute Gasteiger partial charge is 0.422 e. The van der Waals surface area contributed by atoms with Crippen LogP contribution in [-0.4, -0.2) is 89.8 Å². The summed E-state index contributed by atoms with van der Waals surface area (Å²) < 4.78 is 8.45. The molecule has 3 aromatic heterocycles. The second-order valence-corrected chi connectivity index (χ2v) is 12.0. The monoisotopic (exact) mass is 650 g/mol. The Labute approximate surface area is 254 Å². The van der Waals surface area contributed by atoms with Crippen LogP contribution in [0.15, 0.2) is 39.6 Å². The molecule has 19 heteroatoms. The number of nitrogen functional groups attached to an aromatic ring is 1. The number of amides is 2. The molecule has 1 fully saturated rings. The van der Waals surface area contributed by atoms with Crippen molar-refractivity contribution in [1.82, 2.24) is 19.6 Å². The lowest BCUT2D eigenvalue weighted by Crippen LogP contribution is -2.71. The van der Waals surface area contributed by atoms with Crippen LogP contribution in [0.25, 0.3) is 4.83 Å². The van der Waals surface area contributed by atoms with Crippen molar-refractivity contribution in [1.29, 1.82) is 0 Å². The van der Waals surface area contributed by atoms with Gasteiger partial charge in [-0.15, -0.1) is 23.1 Å². The Bertz CT molecular complexity index is 1710. The van der Waals surface area contributed by atoms with Crippen LogP contribution < -0.4 is 15.6 Å². The number of fused-ring (bicyclic) bond motifs is 2. The van der Waals surface area contributed by atoms with Crippen LogP contribution in [0, 0.1) is 0 Å². The molecule has 2 aliphatic heterocycles. The van der Waals surface area contributed by atoms with Gasteiger partial charge in [-0.1, -0.05) is 16.5 Å². The molecule has 0 aliphatic carbocycles. The third kappa shape index (κ3) is 5.65. The van der Waals surface area contributed by atoms with Crippen molar-refractivity contribution in [3.05, 3.63) is 45.9 Å². The predicted molar refractivity (Wildman–Crippen MR) is 152 cm³/mol. The third-order valence-corrected chi connectivity index (χ3v) is 9.20. The molecule has 0 unspecified atom stereocenters. The summed E-state index contributed by atoms with van der Waals surface area (Å²) in [7, 11) is 0. The molecule has 0 bridgehead atoms. The minimum absolute atomic E-state index is 0.00581. The summed E-state index contributed by atoms with van der Waals surface area (Å²) in [5, 5.41) is 28.0. The van der Waals surface area contributed by atoms with Gasteiger partial charge in [0.2, 0.25) is 10.9 Å². The number of β-lactam (4-membered cyclic amide) rings is 1. The maximum Gasteiger partial charge on any atom is 0.422 e. The number of thiazole rings is 2. The number of nitrogens with one attached hydrogen (secondary N) is 1. The molecule has 16 nitrogen and oxygen atoms in total. The van der Waals surface area contributed by atoms with Gasteiger partial charge in [-0.2, -0.15) is 4.40 Å².